The van der Waals surface area contributed by atoms with Gasteiger partial charge in [-0.05, 0) is 31.2 Å². The van der Waals surface area contributed by atoms with Gasteiger partial charge in [0, 0.05) is 49.2 Å². The van der Waals surface area contributed by atoms with Gasteiger partial charge >= 0.3 is 0 Å². The molecule has 7 heteroatoms. The van der Waals surface area contributed by atoms with E-state index < -0.39 is 0 Å². The van der Waals surface area contributed by atoms with Crippen LogP contribution in [-0.2, 0) is 23.1 Å². The molecule has 0 N–H and O–H groups in total. The molecule has 154 valence electrons. The summed E-state index contributed by atoms with van der Waals surface area (Å²) in [7, 11) is 0. The van der Waals surface area contributed by atoms with E-state index >= 15 is 0 Å². The summed E-state index contributed by atoms with van der Waals surface area (Å²) in [5, 5.41) is 4.00. The number of fused-ring (bicyclic) bond motifs is 2. The second kappa shape index (κ2) is 7.84. The van der Waals surface area contributed by atoms with Gasteiger partial charge in [-0.2, -0.15) is 0 Å². The van der Waals surface area contributed by atoms with E-state index in [0.29, 0.717) is 23.8 Å². The van der Waals surface area contributed by atoms with Crippen LogP contribution in [-0.4, -0.2) is 39.0 Å². The molecule has 1 atom stereocenters. The van der Waals surface area contributed by atoms with Crippen LogP contribution < -0.4 is 0 Å². The fourth-order valence-electron chi connectivity index (χ4n) is 4.80. The number of carbonyl (C=O) groups excluding carboxylic acids is 1. The molecule has 2 aliphatic rings. The number of hydrogen-bond acceptors (Lipinski definition) is 5. The second-order valence-corrected chi connectivity index (χ2v) is 8.64. The minimum atomic E-state index is -0.0642. The predicted octanol–water partition coefficient (Wildman–Crippen LogP) is 4.22. The third kappa shape index (κ3) is 3.60. The molecule has 0 radical (unpaired) electrons. The highest BCUT2D eigenvalue weighted by molar-refractivity contribution is 6.29. The number of nitrogens with zero attached hydrogens (tertiary/aromatic N) is 4. The first-order valence-corrected chi connectivity index (χ1v) is 10.8. The lowest BCUT2D eigenvalue weighted by Gasteiger charge is -2.40. The first kappa shape index (κ1) is 19.2. The van der Waals surface area contributed by atoms with Crippen LogP contribution in [0.5, 0.6) is 0 Å². The van der Waals surface area contributed by atoms with Crippen molar-refractivity contribution in [1.82, 2.24) is 20.0 Å². The van der Waals surface area contributed by atoms with Crippen molar-refractivity contribution >= 4 is 17.5 Å². The average molecular weight is 423 g/mol. The summed E-state index contributed by atoms with van der Waals surface area (Å²) in [6, 6.07) is 11.7. The molecule has 3 aromatic rings. The van der Waals surface area contributed by atoms with Crippen LogP contribution in [0.25, 0.3) is 11.4 Å². The van der Waals surface area contributed by atoms with E-state index in [1.807, 2.05) is 41.4 Å². The number of benzene rings is 1. The van der Waals surface area contributed by atoms with E-state index in [2.05, 4.69) is 10.1 Å². The van der Waals surface area contributed by atoms with E-state index in [4.69, 9.17) is 21.1 Å². The standard InChI is InChI=1S/C23H23ClN4O2/c24-19-13-18(30-27-19)7-8-20(29)28-12-4-10-23(15-28)11-9-17-14-25-22(26-21(17)23)16-5-2-1-3-6-16/h1-3,5-6,13-14H,4,7-12,15H2. The Hall–Kier alpha value is -2.73. The van der Waals surface area contributed by atoms with Gasteiger partial charge in [-0.3, -0.25) is 4.79 Å². The summed E-state index contributed by atoms with van der Waals surface area (Å²) in [5.74, 6) is 1.56. The maximum Gasteiger partial charge on any atom is 0.223 e. The van der Waals surface area contributed by atoms with E-state index in [1.165, 1.54) is 5.56 Å². The smallest absolute Gasteiger partial charge is 0.223 e. The first-order chi connectivity index (χ1) is 14.6. The summed E-state index contributed by atoms with van der Waals surface area (Å²) >= 11 is 5.80. The number of piperidine rings is 1. The lowest BCUT2D eigenvalue weighted by Crippen LogP contribution is -2.48. The molecule has 1 spiro atoms. The largest absolute Gasteiger partial charge is 0.360 e. The molecule has 0 bridgehead atoms. The normalized spacial score (nSPS) is 20.5. The zero-order valence-electron chi connectivity index (χ0n) is 16.7. The first-order valence-electron chi connectivity index (χ1n) is 10.4. The zero-order chi connectivity index (χ0) is 20.6. The highest BCUT2D eigenvalue weighted by Crippen LogP contribution is 2.44. The van der Waals surface area contributed by atoms with Crippen LogP contribution in [0, 0.1) is 0 Å². The predicted molar refractivity (Wildman–Crippen MR) is 113 cm³/mol. The highest BCUT2D eigenvalue weighted by Gasteiger charge is 2.44. The van der Waals surface area contributed by atoms with Crippen molar-refractivity contribution in [3.8, 4) is 11.4 Å². The van der Waals surface area contributed by atoms with E-state index in [-0.39, 0.29) is 11.3 Å². The van der Waals surface area contributed by atoms with Crippen LogP contribution in [0.4, 0.5) is 0 Å². The highest BCUT2D eigenvalue weighted by atomic mass is 35.5. The molecule has 1 amide bonds. The Labute approximate surface area is 180 Å². The van der Waals surface area contributed by atoms with Crippen molar-refractivity contribution in [3.05, 3.63) is 64.8 Å². The molecule has 3 heterocycles. The van der Waals surface area contributed by atoms with Crippen molar-refractivity contribution < 1.29 is 9.32 Å². The molecule has 1 aliphatic heterocycles. The topological polar surface area (TPSA) is 72.1 Å². The zero-order valence-corrected chi connectivity index (χ0v) is 17.4. The minimum absolute atomic E-state index is 0.0642. The number of halogens is 1. The lowest BCUT2D eigenvalue weighted by molar-refractivity contribution is -0.133. The number of carbonyl (C=O) groups is 1. The Kier molecular flexibility index (Phi) is 5.03. The molecular formula is C23H23ClN4O2. The third-order valence-corrected chi connectivity index (χ3v) is 6.49. The Balaban J connectivity index is 1.35. The number of rotatable bonds is 4. The molecule has 1 fully saturated rings. The van der Waals surface area contributed by atoms with Gasteiger partial charge in [-0.25, -0.2) is 9.97 Å². The summed E-state index contributed by atoms with van der Waals surface area (Å²) in [6.07, 6.45) is 6.94. The van der Waals surface area contributed by atoms with Gasteiger partial charge in [-0.15, -0.1) is 0 Å². The molecule has 6 nitrogen and oxygen atoms in total. The third-order valence-electron chi connectivity index (χ3n) is 6.32. The lowest BCUT2D eigenvalue weighted by atomic mass is 9.77. The SMILES string of the molecule is O=C(CCc1cc(Cl)no1)N1CCCC2(CCc3cnc(-c4ccccc4)nc32)C1. The molecule has 1 unspecified atom stereocenters. The van der Waals surface area contributed by atoms with Crippen LogP contribution >= 0.6 is 11.6 Å². The number of likely N-dealkylation sites (tertiary alicyclic amines) is 1. The average Bonchev–Trinajstić information content (AvgIpc) is 3.36. The summed E-state index contributed by atoms with van der Waals surface area (Å²) in [5.41, 5.74) is 3.32. The van der Waals surface area contributed by atoms with Crippen molar-refractivity contribution in [2.24, 2.45) is 0 Å². The maximum atomic E-state index is 12.9. The van der Waals surface area contributed by atoms with Gasteiger partial charge in [-0.1, -0.05) is 47.1 Å². The fraction of sp³-hybridized carbons (Fsp3) is 0.391. The van der Waals surface area contributed by atoms with Crippen LogP contribution in [0.1, 0.15) is 42.7 Å². The molecule has 0 saturated carbocycles. The number of amides is 1. The van der Waals surface area contributed by atoms with Crippen LogP contribution in [0.2, 0.25) is 5.15 Å². The minimum Gasteiger partial charge on any atom is -0.360 e. The Bertz CT molecular complexity index is 1060. The summed E-state index contributed by atoms with van der Waals surface area (Å²) in [4.78, 5) is 24.5. The maximum absolute atomic E-state index is 12.9. The van der Waals surface area contributed by atoms with Crippen molar-refractivity contribution in [3.63, 3.8) is 0 Å². The summed E-state index contributed by atoms with van der Waals surface area (Å²) < 4.78 is 5.13. The van der Waals surface area contributed by atoms with Gasteiger partial charge in [0.05, 0.1) is 5.69 Å². The van der Waals surface area contributed by atoms with E-state index in [9.17, 15) is 4.79 Å². The van der Waals surface area contributed by atoms with Crippen LogP contribution in [0.3, 0.4) is 0 Å². The molecule has 1 aromatic carbocycles. The van der Waals surface area contributed by atoms with Crippen molar-refractivity contribution in [2.75, 3.05) is 13.1 Å². The van der Waals surface area contributed by atoms with Crippen LogP contribution in [0.15, 0.2) is 47.1 Å². The van der Waals surface area contributed by atoms with Crippen molar-refractivity contribution in [1.29, 1.82) is 0 Å². The number of aryl methyl sites for hydroxylation is 2. The molecule has 5 rings (SSSR count). The quantitative estimate of drug-likeness (QED) is 0.629. The van der Waals surface area contributed by atoms with Gasteiger partial charge in [0.15, 0.2) is 11.0 Å². The monoisotopic (exact) mass is 422 g/mol. The Morgan fingerprint density at radius 1 is 1.23 bits per heavy atom. The molecule has 30 heavy (non-hydrogen) atoms. The molecule has 2 aromatic heterocycles. The van der Waals surface area contributed by atoms with E-state index in [1.54, 1.807) is 6.07 Å². The van der Waals surface area contributed by atoms with Gasteiger partial charge in [0.2, 0.25) is 5.91 Å². The summed E-state index contributed by atoms with van der Waals surface area (Å²) in [6.45, 7) is 1.52. The fourth-order valence-corrected chi connectivity index (χ4v) is 4.96. The molecular weight excluding hydrogens is 400 g/mol. The van der Waals surface area contributed by atoms with Gasteiger partial charge in [0.25, 0.3) is 0 Å². The Morgan fingerprint density at radius 3 is 2.90 bits per heavy atom. The Morgan fingerprint density at radius 2 is 2.10 bits per heavy atom. The number of aromatic nitrogens is 3. The molecule has 1 saturated heterocycles. The molecule has 1 aliphatic carbocycles. The van der Waals surface area contributed by atoms with Gasteiger partial charge < -0.3 is 9.42 Å². The van der Waals surface area contributed by atoms with Crippen molar-refractivity contribution in [2.45, 2.75) is 43.9 Å². The van der Waals surface area contributed by atoms with E-state index in [0.717, 1.165) is 55.9 Å². The van der Waals surface area contributed by atoms with Gasteiger partial charge in [0.1, 0.15) is 5.76 Å². The number of hydrogen-bond donors (Lipinski definition) is 0. The second-order valence-electron chi connectivity index (χ2n) is 8.25.